The van der Waals surface area contributed by atoms with Gasteiger partial charge in [0.15, 0.2) is 0 Å². The van der Waals surface area contributed by atoms with Gasteiger partial charge < -0.3 is 5.32 Å². The highest BCUT2D eigenvalue weighted by atomic mass is 35.5. The number of amides is 2. The van der Waals surface area contributed by atoms with Crippen LogP contribution in [0.15, 0.2) is 36.5 Å². The second-order valence-electron chi connectivity index (χ2n) is 10.9. The highest BCUT2D eigenvalue weighted by Gasteiger charge is 2.52. The van der Waals surface area contributed by atoms with Crippen molar-refractivity contribution in [3.8, 4) is 6.07 Å². The van der Waals surface area contributed by atoms with Crippen molar-refractivity contribution in [2.75, 3.05) is 11.4 Å². The van der Waals surface area contributed by atoms with Crippen LogP contribution in [0.4, 0.5) is 5.82 Å². The van der Waals surface area contributed by atoms with Crippen molar-refractivity contribution in [1.29, 1.82) is 5.26 Å². The summed E-state index contributed by atoms with van der Waals surface area (Å²) in [4.78, 5) is 32.0. The number of anilines is 1. The quantitative estimate of drug-likeness (QED) is 0.508. The summed E-state index contributed by atoms with van der Waals surface area (Å²) < 4.78 is 1.62. The topological polar surface area (TPSA) is 104 Å². The van der Waals surface area contributed by atoms with Gasteiger partial charge in [-0.25, -0.2) is 4.98 Å². The molecule has 3 heterocycles. The Labute approximate surface area is 226 Å². The Balaban J connectivity index is 1.11. The number of benzene rings is 1. The van der Waals surface area contributed by atoms with Crippen LogP contribution in [0, 0.1) is 30.1 Å². The minimum atomic E-state index is -0.162. The van der Waals surface area contributed by atoms with Crippen molar-refractivity contribution in [3.05, 3.63) is 75.2 Å². The van der Waals surface area contributed by atoms with Gasteiger partial charge in [-0.3, -0.25) is 19.2 Å². The Morgan fingerprint density at radius 3 is 2.71 bits per heavy atom. The fraction of sp³-hybridized carbons (Fsp3) is 0.414. The van der Waals surface area contributed by atoms with Gasteiger partial charge in [-0.1, -0.05) is 18.5 Å². The molecular formula is C29H29ClN6O2. The van der Waals surface area contributed by atoms with Crippen LogP contribution in [0.1, 0.15) is 76.5 Å². The number of pyridine rings is 1. The molecule has 1 unspecified atom stereocenters. The van der Waals surface area contributed by atoms with Gasteiger partial charge in [0.05, 0.1) is 17.3 Å². The molecule has 0 radical (unpaired) electrons. The predicted octanol–water partition coefficient (Wildman–Crippen LogP) is 4.46. The van der Waals surface area contributed by atoms with E-state index in [0.717, 1.165) is 54.0 Å². The summed E-state index contributed by atoms with van der Waals surface area (Å²) >= 11 is 6.14. The van der Waals surface area contributed by atoms with Crippen LogP contribution in [-0.4, -0.2) is 39.2 Å². The fourth-order valence-corrected chi connectivity index (χ4v) is 6.11. The standard InChI is InChI=1S/C29H29ClN6O2/c1-15-6-27(36-14-19-9-23(19)29(36)38)32-13-24(15)16(2)25-11-26(35(3)34-25)28(37)33-21-7-18(8-21)22-10-20(30)5-4-17(22)12-31/h4-6,10-11,13,16,18-19,21,23H,7-9,14H2,1-3H3,(H,33,37)/t16?,18-,19-,21+,23-/m1/s1. The largest absolute Gasteiger partial charge is 0.348 e. The fourth-order valence-electron chi connectivity index (χ4n) is 5.93. The molecule has 38 heavy (non-hydrogen) atoms. The molecule has 0 bridgehead atoms. The van der Waals surface area contributed by atoms with Gasteiger partial charge in [-0.15, -0.1) is 0 Å². The van der Waals surface area contributed by atoms with Crippen LogP contribution < -0.4 is 10.2 Å². The van der Waals surface area contributed by atoms with Crippen molar-refractivity contribution in [1.82, 2.24) is 20.1 Å². The Bertz CT molecular complexity index is 1500. The van der Waals surface area contributed by atoms with Crippen LogP contribution in [0.2, 0.25) is 5.02 Å². The monoisotopic (exact) mass is 528 g/mol. The SMILES string of the molecule is Cc1cc(N2C[C@H]3C[C@H]3C2=O)ncc1C(C)c1cc(C(=O)N[C@H]2C[C@@H](c3cc(Cl)ccc3C#N)C2)n(C)n1. The van der Waals surface area contributed by atoms with E-state index in [0.29, 0.717) is 22.2 Å². The summed E-state index contributed by atoms with van der Waals surface area (Å²) in [5, 5.41) is 17.8. The minimum absolute atomic E-state index is 0.0344. The molecular weight excluding hydrogens is 500 g/mol. The minimum Gasteiger partial charge on any atom is -0.348 e. The Morgan fingerprint density at radius 2 is 2.03 bits per heavy atom. The Hall–Kier alpha value is -3.70. The maximum atomic E-state index is 13.1. The van der Waals surface area contributed by atoms with Crippen molar-refractivity contribution < 1.29 is 9.59 Å². The summed E-state index contributed by atoms with van der Waals surface area (Å²) in [5.74, 6) is 1.59. The van der Waals surface area contributed by atoms with Crippen molar-refractivity contribution in [2.45, 2.75) is 51.0 Å². The summed E-state index contributed by atoms with van der Waals surface area (Å²) in [6.07, 6.45) is 4.38. The number of halogens is 1. The molecule has 3 fully saturated rings. The average molecular weight is 529 g/mol. The normalized spacial score (nSPS) is 24.4. The van der Waals surface area contributed by atoms with Crippen LogP contribution in [-0.2, 0) is 11.8 Å². The van der Waals surface area contributed by atoms with E-state index in [-0.39, 0.29) is 35.6 Å². The van der Waals surface area contributed by atoms with E-state index in [1.165, 1.54) is 0 Å². The number of fused-ring (bicyclic) bond motifs is 1. The van der Waals surface area contributed by atoms with Crippen LogP contribution in [0.3, 0.4) is 0 Å². The molecule has 194 valence electrons. The van der Waals surface area contributed by atoms with E-state index in [1.807, 2.05) is 36.2 Å². The Kier molecular flexibility index (Phi) is 5.99. The molecule has 1 aliphatic heterocycles. The molecule has 3 atom stereocenters. The summed E-state index contributed by atoms with van der Waals surface area (Å²) in [7, 11) is 1.78. The first-order chi connectivity index (χ1) is 18.2. The number of carbonyl (C=O) groups excluding carboxylic acids is 2. The molecule has 2 aromatic heterocycles. The molecule has 6 rings (SSSR count). The maximum absolute atomic E-state index is 13.1. The van der Waals surface area contributed by atoms with Crippen LogP contribution in [0.5, 0.6) is 0 Å². The van der Waals surface area contributed by atoms with Crippen molar-refractivity contribution >= 4 is 29.2 Å². The summed E-state index contributed by atoms with van der Waals surface area (Å²) in [6.45, 7) is 4.85. The molecule has 3 aromatic rings. The lowest BCUT2D eigenvalue weighted by Crippen LogP contribution is -2.44. The number of nitrogens with one attached hydrogen (secondary N) is 1. The third-order valence-corrected chi connectivity index (χ3v) is 8.66. The van der Waals surface area contributed by atoms with Gasteiger partial charge in [0.1, 0.15) is 11.5 Å². The first kappa shape index (κ1) is 24.6. The van der Waals surface area contributed by atoms with Gasteiger partial charge in [0.2, 0.25) is 5.91 Å². The zero-order chi connectivity index (χ0) is 26.7. The lowest BCUT2D eigenvalue weighted by Gasteiger charge is -2.36. The molecule has 8 nitrogen and oxygen atoms in total. The van der Waals surface area contributed by atoms with Crippen molar-refractivity contribution in [2.24, 2.45) is 18.9 Å². The molecule has 9 heteroatoms. The number of aromatic nitrogens is 3. The predicted molar refractivity (Wildman–Crippen MR) is 143 cm³/mol. The first-order valence-corrected chi connectivity index (χ1v) is 13.4. The summed E-state index contributed by atoms with van der Waals surface area (Å²) in [5.41, 5.74) is 4.94. The average Bonchev–Trinajstić information content (AvgIpc) is 3.43. The van der Waals surface area contributed by atoms with E-state index in [9.17, 15) is 14.9 Å². The molecule has 3 aliphatic rings. The molecule has 1 aromatic carbocycles. The molecule has 2 amide bonds. The zero-order valence-corrected chi connectivity index (χ0v) is 22.4. The number of hydrogen-bond acceptors (Lipinski definition) is 5. The van der Waals surface area contributed by atoms with Gasteiger partial charge in [0.25, 0.3) is 5.91 Å². The van der Waals surface area contributed by atoms with E-state index >= 15 is 0 Å². The highest BCUT2D eigenvalue weighted by molar-refractivity contribution is 6.30. The van der Waals surface area contributed by atoms with E-state index < -0.39 is 0 Å². The lowest BCUT2D eigenvalue weighted by molar-refractivity contribution is -0.118. The third-order valence-electron chi connectivity index (χ3n) is 8.42. The van der Waals surface area contributed by atoms with Gasteiger partial charge >= 0.3 is 0 Å². The summed E-state index contributed by atoms with van der Waals surface area (Å²) in [6, 6.07) is 11.4. The van der Waals surface area contributed by atoms with E-state index in [2.05, 4.69) is 28.4 Å². The molecule has 2 aliphatic carbocycles. The van der Waals surface area contributed by atoms with Gasteiger partial charge in [0, 0.05) is 42.7 Å². The maximum Gasteiger partial charge on any atom is 0.269 e. The molecule has 1 saturated heterocycles. The molecule has 0 spiro atoms. The number of aryl methyl sites for hydroxylation is 2. The van der Waals surface area contributed by atoms with Crippen LogP contribution in [0.25, 0.3) is 0 Å². The van der Waals surface area contributed by atoms with Gasteiger partial charge in [-0.05, 0) is 85.0 Å². The van der Waals surface area contributed by atoms with Gasteiger partial charge in [-0.2, -0.15) is 10.4 Å². The number of nitrogens with zero attached hydrogens (tertiary/aromatic N) is 5. The zero-order valence-electron chi connectivity index (χ0n) is 21.6. The molecule has 2 saturated carbocycles. The number of nitriles is 1. The number of hydrogen-bond donors (Lipinski definition) is 1. The second-order valence-corrected chi connectivity index (χ2v) is 11.4. The molecule has 1 N–H and O–H groups in total. The highest BCUT2D eigenvalue weighted by Crippen LogP contribution is 2.47. The number of carbonyl (C=O) groups is 2. The third kappa shape index (κ3) is 4.25. The Morgan fingerprint density at radius 1 is 1.24 bits per heavy atom. The number of rotatable bonds is 6. The van der Waals surface area contributed by atoms with E-state index in [1.54, 1.807) is 23.9 Å². The smallest absolute Gasteiger partial charge is 0.269 e. The second kappa shape index (κ2) is 9.25. The van der Waals surface area contributed by atoms with Crippen molar-refractivity contribution in [3.63, 3.8) is 0 Å². The van der Waals surface area contributed by atoms with E-state index in [4.69, 9.17) is 11.6 Å². The van der Waals surface area contributed by atoms with Crippen LogP contribution >= 0.6 is 11.6 Å². The lowest BCUT2D eigenvalue weighted by atomic mass is 9.74. The number of piperidine rings is 1. The first-order valence-electron chi connectivity index (χ1n) is 13.1.